The summed E-state index contributed by atoms with van der Waals surface area (Å²) in [6.07, 6.45) is 3.27. The van der Waals surface area contributed by atoms with Gasteiger partial charge in [0.25, 0.3) is 29.5 Å². The Labute approximate surface area is 852 Å². The standard InChI is InChI=1S/C27H34N4O5.C25H28N4O3.C21H19N3O3.C19H17F3N2O4.C18H19N3O4/c1-6-34-23-11-9-19(13-24(23)35-7-2)26-28-25(29-36-26)21-10-8-18(12-17(21)3)15-31-16-20(32)14-22(31)27(33)30(4)5;1-3-30-21-11-10-17(14-22(21)31-4-2)25-27-24(28-32-25)19-8-7-9-20-23(19)18(15-26-20)16-29-12-5-6-13-29;1-3-25-18-10-9-15(12-19(18)26-4-2)21-23-20(24-27-21)17-11-14-7-5-6-8-16(14)13-22-17;1-3-25-15-10-7-13(11-16(15)26-4-2)18-23-17(24-28-18)12-5-8-14(9-6-12)27-19(20,21)22;1-3-23-15-6-5-13(10-16(15)24-4-2)18-20-17(21-25-18)12-7-8-19-14(9-12)11-22/h8-13,20,22,32H,6-7,14-16H2,1-5H3;7-11,14-15,26H,3-6,12-13,16H2,1-2H3;5-13H,3-4H2,1-2H3;5-11H,3-4H2,1-2H3;5-10,22H,3-4,11H2,1-2H3/t20-,22?;;;;/m1..../s1. The summed E-state index contributed by atoms with van der Waals surface area (Å²) in [5.41, 5.74) is 12.4. The highest BCUT2D eigenvalue weighted by molar-refractivity contribution is 5.96. The number of fused-ring (bicyclic) bond motifs is 2. The van der Waals surface area contributed by atoms with Crippen LogP contribution in [0.25, 0.3) is 136 Å². The van der Waals surface area contributed by atoms with Crippen LogP contribution in [-0.2, 0) is 24.5 Å². The molecule has 0 bridgehead atoms. The first-order chi connectivity index (χ1) is 72.0. The lowest BCUT2D eigenvalue weighted by atomic mass is 10.0. The molecule has 772 valence electrons. The molecule has 38 heteroatoms. The summed E-state index contributed by atoms with van der Waals surface area (Å²) in [6, 6.07) is 58.1. The van der Waals surface area contributed by atoms with Gasteiger partial charge in [0.15, 0.2) is 57.5 Å². The lowest BCUT2D eigenvalue weighted by Crippen LogP contribution is -2.42. The molecule has 0 radical (unpaired) electrons. The number of carbonyl (C=O) groups is 1. The number of halogens is 3. The Bertz CT molecular complexity index is 7220. The van der Waals surface area contributed by atoms with E-state index in [4.69, 9.17) is 75.0 Å². The van der Waals surface area contributed by atoms with Gasteiger partial charge in [0, 0.05) is 119 Å². The Morgan fingerprint density at radius 2 is 0.858 bits per heavy atom. The zero-order chi connectivity index (χ0) is 104. The number of amides is 1. The van der Waals surface area contributed by atoms with E-state index in [0.29, 0.717) is 212 Å². The van der Waals surface area contributed by atoms with Gasteiger partial charge in [0.05, 0.1) is 90.5 Å². The number of aliphatic hydroxyl groups excluding tert-OH is 2. The number of likely N-dealkylation sites (tertiary alicyclic amines) is 2. The number of ether oxygens (including phenoxy) is 11. The maximum Gasteiger partial charge on any atom is 0.573 e. The van der Waals surface area contributed by atoms with Crippen molar-refractivity contribution in [3.05, 3.63) is 235 Å². The Hall–Kier alpha value is -16.3. The number of carbonyl (C=O) groups excluding carboxylic acids is 1. The number of likely N-dealkylation sites (N-methyl/N-ethyl adjacent to an activating group) is 1. The lowest BCUT2D eigenvalue weighted by Gasteiger charge is -2.26. The predicted octanol–water partition coefficient (Wildman–Crippen LogP) is 21.7. The summed E-state index contributed by atoms with van der Waals surface area (Å²) in [4.78, 5) is 53.1. The van der Waals surface area contributed by atoms with E-state index in [1.165, 1.54) is 42.7 Å². The number of hydrogen-bond acceptors (Lipinski definition) is 33. The average Bonchev–Trinajstić information content (AvgIpc) is 1.62. The number of aryl methyl sites for hydroxylation is 1. The van der Waals surface area contributed by atoms with E-state index in [1.807, 2.05) is 209 Å². The van der Waals surface area contributed by atoms with Crippen LogP contribution in [0.5, 0.6) is 63.2 Å². The van der Waals surface area contributed by atoms with Crippen LogP contribution in [0.4, 0.5) is 13.2 Å². The van der Waals surface area contributed by atoms with Crippen LogP contribution in [0.1, 0.15) is 111 Å². The van der Waals surface area contributed by atoms with Crippen molar-refractivity contribution in [2.24, 2.45) is 0 Å². The molecule has 17 aromatic rings. The molecule has 0 aliphatic carbocycles. The number of H-pyrrole nitrogens is 1. The van der Waals surface area contributed by atoms with E-state index in [0.717, 1.165) is 91.4 Å². The lowest BCUT2D eigenvalue weighted by molar-refractivity contribution is -0.274. The molecule has 19 rings (SSSR count). The minimum Gasteiger partial charge on any atom is -0.490 e. The fraction of sp³-hybridized carbons (Fsp3) is 0.318. The van der Waals surface area contributed by atoms with Crippen molar-refractivity contribution < 1.29 is 103 Å². The minimum atomic E-state index is -4.74. The largest absolute Gasteiger partial charge is 0.573 e. The molecule has 9 aromatic carbocycles. The van der Waals surface area contributed by atoms with Gasteiger partial charge in [0.1, 0.15) is 11.4 Å². The number of nitrogens with one attached hydrogen (secondary N) is 1. The van der Waals surface area contributed by atoms with Gasteiger partial charge in [-0.2, -0.15) is 24.9 Å². The third kappa shape index (κ3) is 27.1. The van der Waals surface area contributed by atoms with E-state index in [1.54, 1.807) is 55.5 Å². The number of alkyl halides is 3. The molecule has 2 fully saturated rings. The minimum absolute atomic E-state index is 0.0148. The molecule has 0 saturated carbocycles. The summed E-state index contributed by atoms with van der Waals surface area (Å²) < 4.78 is 124. The molecular formula is C110H117F3N16O19. The van der Waals surface area contributed by atoms with Crippen LogP contribution in [0.15, 0.2) is 235 Å². The van der Waals surface area contributed by atoms with Crippen LogP contribution in [-0.4, -0.2) is 215 Å². The molecule has 148 heavy (non-hydrogen) atoms. The topological polar surface area (TPSA) is 405 Å². The van der Waals surface area contributed by atoms with Crippen LogP contribution >= 0.6 is 0 Å². The molecule has 2 atom stereocenters. The third-order valence-electron chi connectivity index (χ3n) is 23.2. The summed E-state index contributed by atoms with van der Waals surface area (Å²) >= 11 is 0. The quantitative estimate of drug-likeness (QED) is 0.0325. The van der Waals surface area contributed by atoms with E-state index in [2.05, 4.69) is 94.7 Å². The summed E-state index contributed by atoms with van der Waals surface area (Å²) in [7, 11) is 3.49. The van der Waals surface area contributed by atoms with Crippen molar-refractivity contribution in [1.82, 2.24) is 80.4 Å². The van der Waals surface area contributed by atoms with Gasteiger partial charge in [-0.05, 0) is 270 Å². The van der Waals surface area contributed by atoms with Gasteiger partial charge >= 0.3 is 6.36 Å². The molecule has 10 heterocycles. The number of aromatic amines is 1. The maximum atomic E-state index is 12.6. The van der Waals surface area contributed by atoms with Crippen molar-refractivity contribution in [3.8, 4) is 178 Å². The molecular weight excluding hydrogens is 1910 g/mol. The molecule has 1 unspecified atom stereocenters. The highest BCUT2D eigenvalue weighted by Gasteiger charge is 2.37. The molecule has 2 aliphatic rings. The second-order valence-electron chi connectivity index (χ2n) is 33.7. The summed E-state index contributed by atoms with van der Waals surface area (Å²) in [5.74, 6) is 10.3. The van der Waals surface area contributed by atoms with Crippen molar-refractivity contribution in [2.75, 3.05) is 99.8 Å². The van der Waals surface area contributed by atoms with E-state index in [-0.39, 0.29) is 36.0 Å². The van der Waals surface area contributed by atoms with E-state index >= 15 is 0 Å². The number of pyridine rings is 2. The first-order valence-corrected chi connectivity index (χ1v) is 49.0. The van der Waals surface area contributed by atoms with Crippen LogP contribution in [0.2, 0.25) is 0 Å². The van der Waals surface area contributed by atoms with Crippen molar-refractivity contribution >= 4 is 27.6 Å². The van der Waals surface area contributed by atoms with Crippen LogP contribution < -0.4 is 52.1 Å². The zero-order valence-electron chi connectivity index (χ0n) is 84.5. The highest BCUT2D eigenvalue weighted by atomic mass is 19.4. The van der Waals surface area contributed by atoms with Gasteiger partial charge in [-0.3, -0.25) is 24.6 Å². The molecule has 1 amide bonds. The van der Waals surface area contributed by atoms with Crippen LogP contribution in [0, 0.1) is 6.92 Å². The van der Waals surface area contributed by atoms with Crippen molar-refractivity contribution in [3.63, 3.8) is 0 Å². The number of nitrogens with zero attached hydrogens (tertiary/aromatic N) is 15. The number of aromatic nitrogens is 13. The SMILES string of the molecule is CCOc1ccc(-c2nc(-c3cc4ccccc4cn3)no2)cc1OCC.CCOc1ccc(-c2nc(-c3ccc(CN4C[C@H](O)CC4C(=O)N(C)C)cc3C)no2)cc1OCC.CCOc1ccc(-c2nc(-c3ccc(OC(F)(F)F)cc3)no2)cc1OCC.CCOc1ccc(-c2nc(-c3cccc4[nH]cc(CN5CCCC5)c34)no2)cc1OCC.CCOc1ccc(-c2nc(-c3ccnc(CO)c3)no2)cc1OCC. The fourth-order valence-electron chi connectivity index (χ4n) is 16.6. The molecule has 8 aromatic heterocycles. The van der Waals surface area contributed by atoms with Crippen LogP contribution in [0.3, 0.4) is 0 Å². The molecule has 0 spiro atoms. The Morgan fingerprint density at radius 3 is 1.30 bits per heavy atom. The van der Waals surface area contributed by atoms with Gasteiger partial charge in [-0.25, -0.2) is 0 Å². The molecule has 3 N–H and O–H groups in total. The fourth-order valence-corrected chi connectivity index (χ4v) is 16.6. The highest BCUT2D eigenvalue weighted by Crippen LogP contribution is 2.42. The second kappa shape index (κ2) is 51.0. The zero-order valence-corrected chi connectivity index (χ0v) is 84.5. The Balaban J connectivity index is 0.000000139. The average molecular weight is 2020 g/mol. The Morgan fingerprint density at radius 1 is 0.439 bits per heavy atom. The summed E-state index contributed by atoms with van der Waals surface area (Å²) in [5, 5.41) is 43.1. The van der Waals surface area contributed by atoms with Crippen molar-refractivity contribution in [1.29, 1.82) is 0 Å². The van der Waals surface area contributed by atoms with Gasteiger partial charge < -0.3 is 94.8 Å². The predicted molar refractivity (Wildman–Crippen MR) is 548 cm³/mol. The molecule has 2 aliphatic heterocycles. The third-order valence-corrected chi connectivity index (χ3v) is 23.2. The van der Waals surface area contributed by atoms with Gasteiger partial charge in [-0.1, -0.05) is 80.4 Å². The summed E-state index contributed by atoms with van der Waals surface area (Å²) in [6.45, 7) is 30.7. The first kappa shape index (κ1) is 106. The van der Waals surface area contributed by atoms with E-state index < -0.39 is 12.5 Å². The number of benzene rings is 9. The first-order valence-electron chi connectivity index (χ1n) is 49.0. The maximum absolute atomic E-state index is 12.6. The number of β-amino-alcohol motifs (C(OH)–C–C–N with tert-alkyl or cyclic N) is 1. The smallest absolute Gasteiger partial charge is 0.490 e. The second-order valence-corrected chi connectivity index (χ2v) is 33.7. The number of aliphatic hydroxyl groups is 2. The monoisotopic (exact) mass is 2020 g/mol. The Kier molecular flexibility index (Phi) is 36.5. The van der Waals surface area contributed by atoms with Gasteiger partial charge in [0.2, 0.25) is 35.0 Å². The normalized spacial score (nSPS) is 13.4. The van der Waals surface area contributed by atoms with E-state index in [9.17, 15) is 28.2 Å². The molecule has 2 saturated heterocycles. The van der Waals surface area contributed by atoms with Crippen molar-refractivity contribution in [2.45, 2.75) is 134 Å². The number of hydrogen-bond donors (Lipinski definition) is 3. The van der Waals surface area contributed by atoms with Gasteiger partial charge in [-0.15, -0.1) is 13.2 Å². The number of rotatable bonds is 37. The molecule has 35 nitrogen and oxygen atoms in total.